The van der Waals surface area contributed by atoms with Crippen molar-refractivity contribution in [1.29, 1.82) is 0 Å². The third-order valence-corrected chi connectivity index (χ3v) is 4.97. The predicted molar refractivity (Wildman–Crippen MR) is 80.6 cm³/mol. The summed E-state index contributed by atoms with van der Waals surface area (Å²) in [7, 11) is 0. The van der Waals surface area contributed by atoms with E-state index in [1.165, 1.54) is 25.6 Å². The molecule has 5 rings (SSSR count). The quantitative estimate of drug-likeness (QED) is 0.914. The fourth-order valence-corrected chi connectivity index (χ4v) is 4.33. The van der Waals surface area contributed by atoms with E-state index in [1.807, 2.05) is 0 Å². The minimum absolute atomic E-state index is 0. The van der Waals surface area contributed by atoms with E-state index in [0.29, 0.717) is 23.1 Å². The van der Waals surface area contributed by atoms with Crippen molar-refractivity contribution in [1.82, 2.24) is 9.88 Å². The maximum Gasteiger partial charge on any atom is 0.250 e. The number of rotatable bonds is 3. The molecule has 4 fully saturated rings. The van der Waals surface area contributed by atoms with Gasteiger partial charge in [0.2, 0.25) is 5.91 Å². The molecule has 2 atom stereocenters. The zero-order valence-electron chi connectivity index (χ0n) is 11.8. The number of hydrogen-bond donors (Lipinski definition) is 1. The van der Waals surface area contributed by atoms with Crippen molar-refractivity contribution < 1.29 is 9.53 Å². The Hall–Kier alpha value is -1.33. The van der Waals surface area contributed by atoms with Gasteiger partial charge in [-0.1, -0.05) is 0 Å². The molecule has 4 aliphatic rings. The van der Waals surface area contributed by atoms with E-state index in [-0.39, 0.29) is 18.5 Å². The third kappa shape index (κ3) is 2.60. The lowest BCUT2D eigenvalue weighted by atomic mass is 9.66. The zero-order valence-corrected chi connectivity index (χ0v) is 12.6. The van der Waals surface area contributed by atoms with Gasteiger partial charge < -0.3 is 15.4 Å². The molecule has 1 aliphatic carbocycles. The predicted octanol–water partition coefficient (Wildman–Crippen LogP) is 1.32. The fraction of sp³-hybridized carbons (Fsp3) is 0.600. The highest BCUT2D eigenvalue weighted by atomic mass is 35.5. The summed E-state index contributed by atoms with van der Waals surface area (Å²) in [5.41, 5.74) is 5.70. The summed E-state index contributed by atoms with van der Waals surface area (Å²) in [4.78, 5) is 17.8. The molecule has 0 radical (unpaired) electrons. The van der Waals surface area contributed by atoms with E-state index < -0.39 is 5.91 Å². The van der Waals surface area contributed by atoms with Crippen molar-refractivity contribution in [2.45, 2.75) is 18.9 Å². The summed E-state index contributed by atoms with van der Waals surface area (Å²) in [5, 5.41) is 0. The lowest BCUT2D eigenvalue weighted by Crippen LogP contribution is -2.61. The highest BCUT2D eigenvalue weighted by molar-refractivity contribution is 5.92. The number of carbonyl (C=O) groups is 1. The number of aromatic nitrogens is 1. The first-order valence-corrected chi connectivity index (χ1v) is 7.33. The minimum atomic E-state index is -0.459. The van der Waals surface area contributed by atoms with Crippen molar-refractivity contribution in [3.63, 3.8) is 0 Å². The van der Waals surface area contributed by atoms with Gasteiger partial charge in [0.05, 0.1) is 11.8 Å². The van der Waals surface area contributed by atoms with Crippen LogP contribution < -0.4 is 10.5 Å². The molecule has 5 nitrogen and oxygen atoms in total. The molecule has 1 aromatic rings. The topological polar surface area (TPSA) is 68.5 Å². The summed E-state index contributed by atoms with van der Waals surface area (Å²) >= 11 is 0. The van der Waals surface area contributed by atoms with Crippen LogP contribution >= 0.6 is 12.4 Å². The van der Waals surface area contributed by atoms with Crippen LogP contribution in [0.15, 0.2) is 18.5 Å². The van der Waals surface area contributed by atoms with Crippen LogP contribution in [0.4, 0.5) is 0 Å². The monoisotopic (exact) mass is 309 g/mol. The maximum atomic E-state index is 11.2. The number of nitrogens with zero attached hydrogens (tertiary/aromatic N) is 2. The number of amides is 1. The molecule has 1 saturated carbocycles. The number of carbonyl (C=O) groups excluding carboxylic acids is 1. The van der Waals surface area contributed by atoms with Crippen LogP contribution in [0, 0.1) is 17.8 Å². The van der Waals surface area contributed by atoms with Crippen LogP contribution in [-0.2, 0) is 0 Å². The van der Waals surface area contributed by atoms with Gasteiger partial charge in [0.15, 0.2) is 0 Å². The third-order valence-electron chi connectivity index (χ3n) is 4.97. The van der Waals surface area contributed by atoms with Crippen LogP contribution in [0.1, 0.15) is 23.2 Å². The summed E-state index contributed by atoms with van der Waals surface area (Å²) in [6, 6.07) is 1.71. The average molecular weight is 310 g/mol. The Morgan fingerprint density at radius 2 is 1.95 bits per heavy atom. The maximum absolute atomic E-state index is 11.2. The fourth-order valence-electron chi connectivity index (χ4n) is 4.33. The van der Waals surface area contributed by atoms with Gasteiger partial charge in [0, 0.05) is 37.7 Å². The smallest absolute Gasteiger partial charge is 0.250 e. The molecule has 0 unspecified atom stereocenters. The first kappa shape index (κ1) is 14.6. The second-order valence-electron chi connectivity index (χ2n) is 6.43. The molecular weight excluding hydrogens is 290 g/mol. The van der Waals surface area contributed by atoms with E-state index in [1.54, 1.807) is 12.3 Å². The van der Waals surface area contributed by atoms with Gasteiger partial charge in [0.1, 0.15) is 11.9 Å². The summed E-state index contributed by atoms with van der Waals surface area (Å²) in [5.74, 6) is 2.33. The lowest BCUT2D eigenvalue weighted by molar-refractivity contribution is -0.0985. The first-order valence-electron chi connectivity index (χ1n) is 7.33. The molecule has 4 heterocycles. The Morgan fingerprint density at radius 1 is 1.24 bits per heavy atom. The number of ether oxygens (including phenoxy) is 1. The first-order chi connectivity index (χ1) is 9.69. The summed E-state index contributed by atoms with van der Waals surface area (Å²) < 4.78 is 6.19. The molecule has 114 valence electrons. The molecule has 1 aromatic heterocycles. The Balaban J connectivity index is 0.00000132. The normalized spacial score (nSPS) is 36.1. The summed E-state index contributed by atoms with van der Waals surface area (Å²) in [6.45, 7) is 3.58. The van der Waals surface area contributed by atoms with Gasteiger partial charge >= 0.3 is 0 Å². The van der Waals surface area contributed by atoms with Crippen LogP contribution in [-0.4, -0.2) is 41.5 Å². The van der Waals surface area contributed by atoms with Crippen LogP contribution in [0.25, 0.3) is 0 Å². The molecule has 2 N–H and O–H groups in total. The Kier molecular flexibility index (Phi) is 3.80. The number of hydrogen-bond acceptors (Lipinski definition) is 4. The van der Waals surface area contributed by atoms with Crippen molar-refractivity contribution in [3.8, 4) is 5.75 Å². The van der Waals surface area contributed by atoms with Gasteiger partial charge in [-0.3, -0.25) is 9.78 Å². The SMILES string of the molecule is Cl.NC(=O)c1cncc(OC2[C@H]3CC4C[C@H]2CN(C4)C3)c1. The number of primary amides is 1. The minimum Gasteiger partial charge on any atom is -0.488 e. The molecule has 3 saturated heterocycles. The Labute approximate surface area is 130 Å². The molecular formula is C15H20ClN3O2. The molecule has 3 aliphatic heterocycles. The molecule has 6 heteroatoms. The van der Waals surface area contributed by atoms with E-state index in [9.17, 15) is 4.79 Å². The van der Waals surface area contributed by atoms with Gasteiger partial charge in [-0.25, -0.2) is 0 Å². The Morgan fingerprint density at radius 3 is 2.57 bits per heavy atom. The van der Waals surface area contributed by atoms with Crippen LogP contribution in [0.3, 0.4) is 0 Å². The number of pyridine rings is 1. The van der Waals surface area contributed by atoms with Gasteiger partial charge in [-0.2, -0.15) is 0 Å². The molecule has 0 spiro atoms. The zero-order chi connectivity index (χ0) is 13.7. The summed E-state index contributed by atoms with van der Waals surface area (Å²) in [6.07, 6.45) is 5.99. The number of piperidine rings is 3. The van der Waals surface area contributed by atoms with Crippen molar-refractivity contribution in [2.75, 3.05) is 19.6 Å². The van der Waals surface area contributed by atoms with E-state index in [0.717, 1.165) is 19.0 Å². The molecule has 1 amide bonds. The second-order valence-corrected chi connectivity index (χ2v) is 6.43. The van der Waals surface area contributed by atoms with E-state index in [4.69, 9.17) is 10.5 Å². The average Bonchev–Trinajstić information content (AvgIpc) is 2.42. The van der Waals surface area contributed by atoms with Crippen molar-refractivity contribution in [2.24, 2.45) is 23.5 Å². The highest BCUT2D eigenvalue weighted by Crippen LogP contribution is 2.44. The molecule has 21 heavy (non-hydrogen) atoms. The highest BCUT2D eigenvalue weighted by Gasteiger charge is 2.48. The lowest BCUT2D eigenvalue weighted by Gasteiger charge is -2.55. The number of nitrogens with two attached hydrogens (primary N) is 1. The van der Waals surface area contributed by atoms with Crippen LogP contribution in [0.5, 0.6) is 5.75 Å². The standard InChI is InChI=1S/C15H19N3O2.ClH/c16-15(19)10-3-13(5-17-4-10)20-14-11-1-9-2-12(14)8-18(6-9)7-11;/h3-5,9,11-12,14H,1-2,6-8H2,(H2,16,19);1H/t9?,11-,12-,14?;/m0./s1. The van der Waals surface area contributed by atoms with E-state index in [2.05, 4.69) is 9.88 Å². The van der Waals surface area contributed by atoms with Crippen LogP contribution in [0.2, 0.25) is 0 Å². The van der Waals surface area contributed by atoms with E-state index >= 15 is 0 Å². The van der Waals surface area contributed by atoms with Gasteiger partial charge in [-0.05, 0) is 24.8 Å². The second kappa shape index (κ2) is 5.46. The molecule has 0 aromatic carbocycles. The van der Waals surface area contributed by atoms with Crippen molar-refractivity contribution in [3.05, 3.63) is 24.0 Å². The van der Waals surface area contributed by atoms with Crippen molar-refractivity contribution >= 4 is 18.3 Å². The van der Waals surface area contributed by atoms with Gasteiger partial charge in [0.25, 0.3) is 0 Å². The van der Waals surface area contributed by atoms with Gasteiger partial charge in [-0.15, -0.1) is 12.4 Å². The molecule has 4 bridgehead atoms. The Bertz CT molecular complexity index is 523. The number of halogens is 1. The largest absolute Gasteiger partial charge is 0.488 e.